The Kier molecular flexibility index (Phi) is 4.95. The second-order valence-corrected chi connectivity index (χ2v) is 9.13. The molecule has 32 heavy (non-hydrogen) atoms. The Balaban J connectivity index is 1.71. The van der Waals surface area contributed by atoms with Crippen LogP contribution in [-0.2, 0) is 15.8 Å². The summed E-state index contributed by atoms with van der Waals surface area (Å²) < 4.78 is 40.3. The number of nitrogens with zero attached hydrogens (tertiary/aromatic N) is 1. The number of amides is 1. The number of fused-ring (bicyclic) bond motifs is 2. The van der Waals surface area contributed by atoms with Crippen molar-refractivity contribution in [3.05, 3.63) is 60.2 Å². The number of Topliss-reactive ketones (excluding diaryl/α,β-unsaturated/α-hetero) is 1. The number of anilines is 2. The van der Waals surface area contributed by atoms with E-state index in [1.165, 1.54) is 18.2 Å². The van der Waals surface area contributed by atoms with Gasteiger partial charge in [0.25, 0.3) is 0 Å². The van der Waals surface area contributed by atoms with Crippen LogP contribution in [0.15, 0.2) is 59.7 Å². The van der Waals surface area contributed by atoms with Crippen LogP contribution in [0, 0.1) is 16.2 Å². The molecule has 0 spiro atoms. The van der Waals surface area contributed by atoms with Crippen LogP contribution in [0.1, 0.15) is 39.2 Å². The van der Waals surface area contributed by atoms with Gasteiger partial charge in [0.05, 0.1) is 16.9 Å². The number of para-hydroxylation sites is 2. The zero-order chi connectivity index (χ0) is 23.4. The molecule has 2 bridgehead atoms. The molecule has 0 aromatic heterocycles. The first-order valence-corrected chi connectivity index (χ1v) is 10.4. The summed E-state index contributed by atoms with van der Waals surface area (Å²) in [6.45, 7) is 5.53. The van der Waals surface area contributed by atoms with Crippen LogP contribution in [0.2, 0.25) is 0 Å². The molecule has 1 amide bonds. The zero-order valence-corrected chi connectivity index (χ0v) is 18.0. The van der Waals surface area contributed by atoms with Crippen LogP contribution < -0.4 is 10.7 Å². The van der Waals surface area contributed by atoms with E-state index in [1.54, 1.807) is 12.1 Å². The molecule has 168 valence electrons. The number of rotatable bonds is 4. The lowest BCUT2D eigenvalue weighted by molar-refractivity contribution is -0.140. The summed E-state index contributed by atoms with van der Waals surface area (Å²) in [5.41, 5.74) is -0.530. The number of hydrazone groups is 1. The molecule has 2 fully saturated rings. The van der Waals surface area contributed by atoms with Crippen LogP contribution in [0.5, 0.6) is 0 Å². The lowest BCUT2D eigenvalue weighted by Crippen LogP contribution is -2.48. The average molecular weight is 443 g/mol. The van der Waals surface area contributed by atoms with E-state index in [4.69, 9.17) is 0 Å². The van der Waals surface area contributed by atoms with Crippen molar-refractivity contribution in [2.75, 3.05) is 10.7 Å². The number of ketones is 1. The summed E-state index contributed by atoms with van der Waals surface area (Å²) >= 11 is 0. The first-order chi connectivity index (χ1) is 14.9. The average Bonchev–Trinajstić information content (AvgIpc) is 3.02. The smallest absolute Gasteiger partial charge is 0.325 e. The molecule has 0 radical (unpaired) electrons. The van der Waals surface area contributed by atoms with Gasteiger partial charge in [-0.15, -0.1) is 0 Å². The number of hydrogen-bond acceptors (Lipinski definition) is 4. The van der Waals surface area contributed by atoms with Gasteiger partial charge >= 0.3 is 6.18 Å². The van der Waals surface area contributed by atoms with Crippen molar-refractivity contribution in [1.82, 2.24) is 0 Å². The fourth-order valence-electron chi connectivity index (χ4n) is 5.17. The van der Waals surface area contributed by atoms with Gasteiger partial charge in [-0.1, -0.05) is 51.1 Å². The molecule has 2 N–H and O–H groups in total. The summed E-state index contributed by atoms with van der Waals surface area (Å²) in [6, 6.07) is 13.9. The van der Waals surface area contributed by atoms with Crippen molar-refractivity contribution < 1.29 is 22.8 Å². The van der Waals surface area contributed by atoms with Gasteiger partial charge in [0.15, 0.2) is 5.78 Å². The molecule has 0 aliphatic heterocycles. The van der Waals surface area contributed by atoms with E-state index in [1.807, 2.05) is 39.0 Å². The zero-order valence-electron chi connectivity index (χ0n) is 18.0. The molecule has 0 heterocycles. The van der Waals surface area contributed by atoms with Crippen molar-refractivity contribution in [2.45, 2.75) is 39.8 Å². The van der Waals surface area contributed by atoms with E-state index in [2.05, 4.69) is 15.8 Å². The molecule has 5 nitrogen and oxygen atoms in total. The van der Waals surface area contributed by atoms with Gasteiger partial charge in [0.1, 0.15) is 11.1 Å². The van der Waals surface area contributed by atoms with Crippen LogP contribution in [0.3, 0.4) is 0 Å². The second-order valence-electron chi connectivity index (χ2n) is 9.13. The van der Waals surface area contributed by atoms with Crippen molar-refractivity contribution in [3.63, 3.8) is 0 Å². The summed E-state index contributed by atoms with van der Waals surface area (Å²) in [4.78, 5) is 27.1. The molecule has 2 aromatic carbocycles. The molecular formula is C24H24F3N3O2. The molecule has 2 atom stereocenters. The Morgan fingerprint density at radius 3 is 2.25 bits per heavy atom. The summed E-state index contributed by atoms with van der Waals surface area (Å²) in [6.07, 6.45) is -3.86. The van der Waals surface area contributed by atoms with E-state index >= 15 is 0 Å². The summed E-state index contributed by atoms with van der Waals surface area (Å²) in [7, 11) is 0. The van der Waals surface area contributed by atoms with Crippen molar-refractivity contribution >= 4 is 28.8 Å². The molecule has 2 aliphatic carbocycles. The number of alkyl halides is 3. The number of carbonyl (C=O) groups excluding carboxylic acids is 2. The lowest BCUT2D eigenvalue weighted by atomic mass is 9.64. The highest BCUT2D eigenvalue weighted by atomic mass is 19.4. The normalized spacial score (nSPS) is 27.6. The van der Waals surface area contributed by atoms with Gasteiger partial charge in [-0.25, -0.2) is 0 Å². The van der Waals surface area contributed by atoms with Gasteiger partial charge in [0, 0.05) is 5.41 Å². The van der Waals surface area contributed by atoms with Crippen molar-refractivity contribution in [3.8, 4) is 0 Å². The Bertz CT molecular complexity index is 1110. The molecule has 2 unspecified atom stereocenters. The third-order valence-electron chi connectivity index (χ3n) is 7.51. The van der Waals surface area contributed by atoms with Gasteiger partial charge in [-0.05, 0) is 42.5 Å². The molecule has 0 saturated heterocycles. The Morgan fingerprint density at radius 2 is 1.59 bits per heavy atom. The van der Waals surface area contributed by atoms with E-state index in [9.17, 15) is 22.8 Å². The summed E-state index contributed by atoms with van der Waals surface area (Å²) in [5, 5.41) is 6.79. The minimum absolute atomic E-state index is 0.247. The van der Waals surface area contributed by atoms with Gasteiger partial charge in [0.2, 0.25) is 5.91 Å². The Hall–Kier alpha value is -3.16. The maximum Gasteiger partial charge on any atom is 0.418 e. The highest BCUT2D eigenvalue weighted by Crippen LogP contribution is 2.69. The monoisotopic (exact) mass is 443 g/mol. The lowest BCUT2D eigenvalue weighted by Gasteiger charge is -2.37. The predicted molar refractivity (Wildman–Crippen MR) is 116 cm³/mol. The van der Waals surface area contributed by atoms with Crippen LogP contribution in [0.25, 0.3) is 0 Å². The molecule has 4 rings (SSSR count). The number of hydrogen-bond donors (Lipinski definition) is 2. The minimum Gasteiger partial charge on any atom is -0.325 e. The largest absolute Gasteiger partial charge is 0.418 e. The van der Waals surface area contributed by atoms with Gasteiger partial charge in [-0.2, -0.15) is 18.3 Å². The van der Waals surface area contributed by atoms with E-state index < -0.39 is 39.7 Å². The number of halogens is 3. The second kappa shape index (κ2) is 7.18. The molecular weight excluding hydrogens is 419 g/mol. The highest BCUT2D eigenvalue weighted by molar-refractivity contribution is 6.51. The highest BCUT2D eigenvalue weighted by Gasteiger charge is 2.76. The molecule has 2 saturated carbocycles. The van der Waals surface area contributed by atoms with Gasteiger partial charge in [-0.3, -0.25) is 15.0 Å². The van der Waals surface area contributed by atoms with E-state index in [-0.39, 0.29) is 17.8 Å². The standard InChI is InChI=1S/C24H24F3N3O2/c1-21(2)22(3)13-14-23(21,19(31)18(22)30-29-15-9-5-4-6-10-15)20(32)28-17-12-8-7-11-16(17)24(25,26)27/h4-12,29H,13-14H2,1-3H3,(H,28,32). The Morgan fingerprint density at radius 1 is 0.969 bits per heavy atom. The number of carbonyl (C=O) groups is 2. The van der Waals surface area contributed by atoms with Crippen LogP contribution in [-0.4, -0.2) is 17.4 Å². The fourth-order valence-corrected chi connectivity index (χ4v) is 5.17. The topological polar surface area (TPSA) is 70.6 Å². The molecule has 2 aliphatic rings. The third kappa shape index (κ3) is 2.96. The van der Waals surface area contributed by atoms with E-state index in [0.717, 1.165) is 6.07 Å². The maximum atomic E-state index is 13.6. The Labute approximate surface area is 184 Å². The van der Waals surface area contributed by atoms with E-state index in [0.29, 0.717) is 12.1 Å². The predicted octanol–water partition coefficient (Wildman–Crippen LogP) is 5.51. The summed E-state index contributed by atoms with van der Waals surface area (Å²) in [5.74, 6) is -1.17. The van der Waals surface area contributed by atoms with Gasteiger partial charge < -0.3 is 5.32 Å². The van der Waals surface area contributed by atoms with Crippen molar-refractivity contribution in [2.24, 2.45) is 21.3 Å². The maximum absolute atomic E-state index is 13.6. The molecule has 2 aromatic rings. The SMILES string of the molecule is CC12CCC(C(=O)Nc3ccccc3C(F)(F)F)(C(=O)C1=NNc1ccccc1)C2(C)C. The molecule has 8 heteroatoms. The minimum atomic E-state index is -4.63. The quantitative estimate of drug-likeness (QED) is 0.484. The fraction of sp³-hybridized carbons (Fsp3) is 0.375. The van der Waals surface area contributed by atoms with Crippen molar-refractivity contribution in [1.29, 1.82) is 0 Å². The number of benzene rings is 2. The third-order valence-corrected chi connectivity index (χ3v) is 7.51. The van der Waals surface area contributed by atoms with Crippen LogP contribution in [0.4, 0.5) is 24.5 Å². The first kappa shape index (κ1) is 22.0. The van der Waals surface area contributed by atoms with Crippen LogP contribution >= 0.6 is 0 Å². The number of nitrogens with one attached hydrogen (secondary N) is 2. The first-order valence-electron chi connectivity index (χ1n) is 10.4.